The summed E-state index contributed by atoms with van der Waals surface area (Å²) in [4.78, 5) is 19.2. The molecule has 4 rings (SSSR count). The monoisotopic (exact) mass is 287 g/mol. The Labute approximate surface area is 121 Å². The van der Waals surface area contributed by atoms with Gasteiger partial charge in [-0.2, -0.15) is 0 Å². The molecule has 104 valence electrons. The minimum atomic E-state index is -0.0365. The lowest BCUT2D eigenvalue weighted by Gasteiger charge is -2.30. The van der Waals surface area contributed by atoms with Gasteiger partial charge in [-0.15, -0.1) is 11.3 Å². The molecular formula is C15H17N3OS. The molecule has 5 heteroatoms. The van der Waals surface area contributed by atoms with Crippen LogP contribution in [0.3, 0.4) is 0 Å². The van der Waals surface area contributed by atoms with Crippen LogP contribution in [0.1, 0.15) is 23.3 Å². The van der Waals surface area contributed by atoms with Gasteiger partial charge in [0, 0.05) is 19.1 Å². The van der Waals surface area contributed by atoms with Crippen LogP contribution in [0, 0.1) is 5.92 Å². The second-order valence-electron chi connectivity index (χ2n) is 5.82. The van der Waals surface area contributed by atoms with Gasteiger partial charge in [-0.1, -0.05) is 0 Å². The number of rotatable bonds is 2. The minimum Gasteiger partial charge on any atom is -0.347 e. The molecule has 2 saturated heterocycles. The number of nitrogens with zero attached hydrogens (tertiary/aromatic N) is 2. The van der Waals surface area contributed by atoms with Crippen LogP contribution in [0.4, 0.5) is 0 Å². The first-order chi connectivity index (χ1) is 9.78. The van der Waals surface area contributed by atoms with E-state index in [4.69, 9.17) is 0 Å². The molecule has 4 heterocycles. The summed E-state index contributed by atoms with van der Waals surface area (Å²) in [6.45, 7) is 3.39. The van der Waals surface area contributed by atoms with E-state index in [2.05, 4.69) is 15.2 Å². The molecule has 2 aromatic rings. The van der Waals surface area contributed by atoms with Crippen LogP contribution < -0.4 is 5.32 Å². The second kappa shape index (κ2) is 4.82. The smallest absolute Gasteiger partial charge is 0.270 e. The number of nitrogens with one attached hydrogen (secondary N) is 1. The first kappa shape index (κ1) is 12.3. The predicted molar refractivity (Wildman–Crippen MR) is 80.0 cm³/mol. The van der Waals surface area contributed by atoms with E-state index < -0.39 is 0 Å². The fourth-order valence-electron chi connectivity index (χ4n) is 3.40. The maximum Gasteiger partial charge on any atom is 0.270 e. The molecule has 2 aromatic heterocycles. The highest BCUT2D eigenvalue weighted by Crippen LogP contribution is 2.27. The number of thiophene rings is 1. The van der Waals surface area contributed by atoms with Crippen LogP contribution in [-0.2, 0) is 0 Å². The number of amides is 1. The Morgan fingerprint density at radius 3 is 3.20 bits per heavy atom. The molecule has 2 unspecified atom stereocenters. The molecule has 0 spiro atoms. The van der Waals surface area contributed by atoms with E-state index in [0.717, 1.165) is 29.1 Å². The van der Waals surface area contributed by atoms with E-state index in [9.17, 15) is 4.79 Å². The highest BCUT2D eigenvalue weighted by atomic mass is 32.1. The third-order valence-corrected chi connectivity index (χ3v) is 5.21. The minimum absolute atomic E-state index is 0.0365. The van der Waals surface area contributed by atoms with Gasteiger partial charge in [0.2, 0.25) is 0 Å². The average Bonchev–Trinajstić information content (AvgIpc) is 3.04. The lowest BCUT2D eigenvalue weighted by Crippen LogP contribution is -2.47. The highest BCUT2D eigenvalue weighted by molar-refractivity contribution is 7.17. The molecule has 0 aliphatic carbocycles. The summed E-state index contributed by atoms with van der Waals surface area (Å²) in [5.41, 5.74) is 1.44. The van der Waals surface area contributed by atoms with Crippen molar-refractivity contribution in [1.29, 1.82) is 0 Å². The Bertz CT molecular complexity index is 641. The van der Waals surface area contributed by atoms with Gasteiger partial charge in [0.1, 0.15) is 5.69 Å². The van der Waals surface area contributed by atoms with Crippen molar-refractivity contribution in [2.45, 2.75) is 18.9 Å². The van der Waals surface area contributed by atoms with E-state index in [1.165, 1.54) is 19.5 Å². The summed E-state index contributed by atoms with van der Waals surface area (Å²) < 4.78 is 1.13. The maximum absolute atomic E-state index is 12.3. The quantitative estimate of drug-likeness (QED) is 0.920. The number of fused-ring (bicyclic) bond motifs is 3. The summed E-state index contributed by atoms with van der Waals surface area (Å²) >= 11 is 1.65. The van der Waals surface area contributed by atoms with Crippen molar-refractivity contribution in [3.05, 3.63) is 29.3 Å². The Balaban J connectivity index is 1.49. The van der Waals surface area contributed by atoms with Crippen molar-refractivity contribution in [3.63, 3.8) is 0 Å². The lowest BCUT2D eigenvalue weighted by molar-refractivity contribution is 0.0904. The highest BCUT2D eigenvalue weighted by Gasteiger charge is 2.33. The first-order valence-electron chi connectivity index (χ1n) is 7.15. The zero-order valence-electron chi connectivity index (χ0n) is 11.2. The lowest BCUT2D eigenvalue weighted by atomic mass is 9.97. The molecule has 1 N–H and O–H groups in total. The molecule has 2 aliphatic rings. The fraction of sp³-hybridized carbons (Fsp3) is 0.467. The molecule has 3 atom stereocenters. The largest absolute Gasteiger partial charge is 0.347 e. The third-order valence-electron chi connectivity index (χ3n) is 4.34. The Morgan fingerprint density at radius 2 is 2.30 bits per heavy atom. The Hall–Kier alpha value is -1.46. The summed E-state index contributed by atoms with van der Waals surface area (Å²) in [6, 6.07) is 6.05. The van der Waals surface area contributed by atoms with Crippen molar-refractivity contribution in [3.8, 4) is 0 Å². The molecule has 2 fully saturated rings. The van der Waals surface area contributed by atoms with Crippen LogP contribution in [0.25, 0.3) is 10.2 Å². The fourth-order valence-corrected chi connectivity index (χ4v) is 4.13. The van der Waals surface area contributed by atoms with Crippen LogP contribution in [0.15, 0.2) is 23.6 Å². The van der Waals surface area contributed by atoms with Crippen LogP contribution in [0.5, 0.6) is 0 Å². The second-order valence-corrected chi connectivity index (χ2v) is 6.77. The Kier molecular flexibility index (Phi) is 2.97. The molecule has 0 radical (unpaired) electrons. The summed E-state index contributed by atoms with van der Waals surface area (Å²) in [5, 5.41) is 5.16. The number of carbonyl (C=O) groups is 1. The summed E-state index contributed by atoms with van der Waals surface area (Å²) in [5.74, 6) is 0.729. The van der Waals surface area contributed by atoms with Crippen molar-refractivity contribution in [1.82, 2.24) is 15.2 Å². The van der Waals surface area contributed by atoms with Gasteiger partial charge in [0.15, 0.2) is 0 Å². The van der Waals surface area contributed by atoms with Crippen molar-refractivity contribution < 1.29 is 4.79 Å². The van der Waals surface area contributed by atoms with Gasteiger partial charge in [-0.3, -0.25) is 4.79 Å². The molecule has 2 bridgehead atoms. The summed E-state index contributed by atoms with van der Waals surface area (Å²) in [7, 11) is 0. The predicted octanol–water partition coefficient (Wildman–Crippen LogP) is 2.12. The van der Waals surface area contributed by atoms with Gasteiger partial charge in [0.05, 0.1) is 10.2 Å². The van der Waals surface area contributed by atoms with E-state index in [-0.39, 0.29) is 11.9 Å². The number of hydrogen-bond acceptors (Lipinski definition) is 4. The molecular weight excluding hydrogens is 270 g/mol. The van der Waals surface area contributed by atoms with Crippen LogP contribution in [-0.4, -0.2) is 41.5 Å². The zero-order chi connectivity index (χ0) is 13.5. The normalized spacial score (nSPS) is 28.7. The van der Waals surface area contributed by atoms with Gasteiger partial charge in [-0.05, 0) is 48.9 Å². The number of carbonyl (C=O) groups excluding carboxylic acids is 1. The molecule has 2 aliphatic heterocycles. The van der Waals surface area contributed by atoms with Gasteiger partial charge < -0.3 is 10.2 Å². The van der Waals surface area contributed by atoms with Gasteiger partial charge >= 0.3 is 0 Å². The topological polar surface area (TPSA) is 45.2 Å². The van der Waals surface area contributed by atoms with Crippen molar-refractivity contribution >= 4 is 27.5 Å². The third kappa shape index (κ3) is 2.21. The van der Waals surface area contributed by atoms with Gasteiger partial charge in [0.25, 0.3) is 5.91 Å². The van der Waals surface area contributed by atoms with Crippen molar-refractivity contribution in [2.75, 3.05) is 19.6 Å². The molecule has 1 amide bonds. The van der Waals surface area contributed by atoms with Crippen molar-refractivity contribution in [2.24, 2.45) is 5.92 Å². The van der Waals surface area contributed by atoms with Crippen LogP contribution >= 0.6 is 11.3 Å². The summed E-state index contributed by atoms with van der Waals surface area (Å²) in [6.07, 6.45) is 2.40. The molecule has 20 heavy (non-hydrogen) atoms. The van der Waals surface area contributed by atoms with Crippen LogP contribution in [0.2, 0.25) is 0 Å². The maximum atomic E-state index is 12.3. The molecule has 4 nitrogen and oxygen atoms in total. The van der Waals surface area contributed by atoms with E-state index in [0.29, 0.717) is 5.69 Å². The average molecular weight is 287 g/mol. The number of hydrogen-bond donors (Lipinski definition) is 1. The standard InChI is InChI=1S/C15H17N3OS/c19-15(13-1-2-14-12(17-13)4-6-20-14)16-11-7-10-3-5-18(8-10)9-11/h1-2,4,6,10-11H,3,5,7-9H2,(H,16,19)/t10?,11-/m1/s1. The SMILES string of the molecule is O=C(N[C@@H]1CC2CCN(C2)C1)c1ccc2sccc2n1. The Morgan fingerprint density at radius 1 is 1.35 bits per heavy atom. The van der Waals surface area contributed by atoms with Gasteiger partial charge in [-0.25, -0.2) is 4.98 Å². The van der Waals surface area contributed by atoms with E-state index >= 15 is 0 Å². The molecule has 0 aromatic carbocycles. The number of piperidine rings is 1. The number of pyridine rings is 1. The zero-order valence-corrected chi connectivity index (χ0v) is 12.0. The van der Waals surface area contributed by atoms with E-state index in [1.807, 2.05) is 23.6 Å². The molecule has 0 saturated carbocycles. The van der Waals surface area contributed by atoms with E-state index in [1.54, 1.807) is 11.3 Å². The first-order valence-corrected chi connectivity index (χ1v) is 8.03. The number of aromatic nitrogens is 1.